The summed E-state index contributed by atoms with van der Waals surface area (Å²) in [7, 11) is 1.37. The van der Waals surface area contributed by atoms with Crippen LogP contribution in [-0.2, 0) is 16.0 Å². The maximum atomic E-state index is 12.8. The summed E-state index contributed by atoms with van der Waals surface area (Å²) in [5.41, 5.74) is 1.97. The van der Waals surface area contributed by atoms with E-state index in [1.165, 1.54) is 26.3 Å². The van der Waals surface area contributed by atoms with Crippen LogP contribution < -0.4 is 10.1 Å². The summed E-state index contributed by atoms with van der Waals surface area (Å²) in [5, 5.41) is 12.7. The van der Waals surface area contributed by atoms with Gasteiger partial charge in [0.15, 0.2) is 17.2 Å². The number of aromatic nitrogens is 1. The minimum atomic E-state index is -0.944. The Labute approximate surface area is 193 Å². The molecule has 7 nitrogen and oxygen atoms in total. The van der Waals surface area contributed by atoms with E-state index >= 15 is 0 Å². The Bertz CT molecular complexity index is 1070. The van der Waals surface area contributed by atoms with Crippen molar-refractivity contribution in [2.24, 2.45) is 0 Å². The maximum Gasteiger partial charge on any atom is 0.328 e. The second-order valence-electron chi connectivity index (χ2n) is 7.75. The first-order chi connectivity index (χ1) is 15.9. The number of methoxy groups -OCH3 is 1. The standard InChI is InChI=1S/C26H28N2O5/c1-17(28-25(30)23-24(29)22(32-3)14-15-27-23)26(31)33-18(2)21(20-12-8-5-9-13-20)16-19-10-6-4-7-11-19/h4-15,17-18,21,29H,16H2,1-3H3,(H,28,30)/t17-,18-,21-/m0/s1. The van der Waals surface area contributed by atoms with E-state index in [2.05, 4.69) is 10.3 Å². The third-order valence-electron chi connectivity index (χ3n) is 5.42. The number of ether oxygens (including phenoxy) is 2. The second-order valence-corrected chi connectivity index (χ2v) is 7.75. The molecule has 0 aliphatic rings. The molecule has 0 bridgehead atoms. The summed E-state index contributed by atoms with van der Waals surface area (Å²) in [6.45, 7) is 3.38. The van der Waals surface area contributed by atoms with Gasteiger partial charge in [0.2, 0.25) is 0 Å². The molecule has 0 saturated carbocycles. The zero-order chi connectivity index (χ0) is 23.8. The van der Waals surface area contributed by atoms with Crippen LogP contribution in [-0.4, -0.2) is 41.2 Å². The molecular weight excluding hydrogens is 420 g/mol. The zero-order valence-electron chi connectivity index (χ0n) is 18.9. The third-order valence-corrected chi connectivity index (χ3v) is 5.42. The Hall–Kier alpha value is -3.87. The van der Waals surface area contributed by atoms with Crippen molar-refractivity contribution in [3.63, 3.8) is 0 Å². The summed E-state index contributed by atoms with van der Waals surface area (Å²) in [5.74, 6) is -1.62. The van der Waals surface area contributed by atoms with E-state index in [0.717, 1.165) is 11.1 Å². The highest BCUT2D eigenvalue weighted by atomic mass is 16.5. The average Bonchev–Trinajstić information content (AvgIpc) is 2.83. The van der Waals surface area contributed by atoms with Crippen LogP contribution in [0.15, 0.2) is 72.9 Å². The van der Waals surface area contributed by atoms with Crippen LogP contribution in [0.3, 0.4) is 0 Å². The predicted molar refractivity (Wildman–Crippen MR) is 124 cm³/mol. The Morgan fingerprint density at radius 3 is 2.27 bits per heavy atom. The van der Waals surface area contributed by atoms with Gasteiger partial charge in [-0.1, -0.05) is 60.7 Å². The number of pyridine rings is 1. The lowest BCUT2D eigenvalue weighted by atomic mass is 9.88. The van der Waals surface area contributed by atoms with Gasteiger partial charge in [0, 0.05) is 18.2 Å². The third kappa shape index (κ3) is 6.10. The molecule has 0 fully saturated rings. The zero-order valence-corrected chi connectivity index (χ0v) is 18.9. The molecule has 0 spiro atoms. The molecule has 1 amide bonds. The fraction of sp³-hybridized carbons (Fsp3) is 0.269. The predicted octanol–water partition coefficient (Wildman–Crippen LogP) is 3.87. The number of nitrogens with zero attached hydrogens (tertiary/aromatic N) is 1. The van der Waals surface area contributed by atoms with Gasteiger partial charge in [-0.15, -0.1) is 0 Å². The number of esters is 1. The van der Waals surface area contributed by atoms with Crippen LogP contribution in [0.2, 0.25) is 0 Å². The van der Waals surface area contributed by atoms with Crippen LogP contribution in [0.1, 0.15) is 41.4 Å². The lowest BCUT2D eigenvalue weighted by Gasteiger charge is -2.26. The monoisotopic (exact) mass is 448 g/mol. The van der Waals surface area contributed by atoms with E-state index in [0.29, 0.717) is 6.42 Å². The Balaban J connectivity index is 1.69. The maximum absolute atomic E-state index is 12.8. The smallest absolute Gasteiger partial charge is 0.328 e. The summed E-state index contributed by atoms with van der Waals surface area (Å²) in [6, 6.07) is 20.4. The van der Waals surface area contributed by atoms with Crippen molar-refractivity contribution in [1.29, 1.82) is 0 Å². The van der Waals surface area contributed by atoms with Crippen LogP contribution in [0.5, 0.6) is 11.5 Å². The summed E-state index contributed by atoms with van der Waals surface area (Å²) < 4.78 is 10.7. The van der Waals surface area contributed by atoms with Crippen molar-refractivity contribution >= 4 is 11.9 Å². The van der Waals surface area contributed by atoms with Gasteiger partial charge in [-0.25, -0.2) is 9.78 Å². The highest BCUT2D eigenvalue weighted by Crippen LogP contribution is 2.28. The fourth-order valence-corrected chi connectivity index (χ4v) is 3.58. The van der Waals surface area contributed by atoms with Crippen LogP contribution in [0.4, 0.5) is 0 Å². The van der Waals surface area contributed by atoms with E-state index in [1.807, 2.05) is 67.6 Å². The van der Waals surface area contributed by atoms with Crippen LogP contribution in [0.25, 0.3) is 0 Å². The molecule has 0 unspecified atom stereocenters. The number of nitrogens with one attached hydrogen (secondary N) is 1. The van der Waals surface area contributed by atoms with Crippen molar-refractivity contribution < 1.29 is 24.2 Å². The van der Waals surface area contributed by atoms with E-state index in [9.17, 15) is 14.7 Å². The number of benzene rings is 2. The van der Waals surface area contributed by atoms with Crippen LogP contribution >= 0.6 is 0 Å². The van der Waals surface area contributed by atoms with Gasteiger partial charge >= 0.3 is 5.97 Å². The summed E-state index contributed by atoms with van der Waals surface area (Å²) >= 11 is 0. The molecule has 0 saturated heterocycles. The number of carbonyl (C=O) groups excluding carboxylic acids is 2. The molecule has 2 aromatic carbocycles. The molecule has 1 heterocycles. The first kappa shape index (κ1) is 23.8. The highest BCUT2D eigenvalue weighted by Gasteiger charge is 2.27. The molecule has 0 aliphatic heterocycles. The number of carbonyl (C=O) groups is 2. The molecule has 3 rings (SSSR count). The molecule has 2 N–H and O–H groups in total. The topological polar surface area (TPSA) is 97.8 Å². The molecule has 3 aromatic rings. The van der Waals surface area contributed by atoms with Crippen molar-refractivity contribution in [3.8, 4) is 11.5 Å². The first-order valence-corrected chi connectivity index (χ1v) is 10.7. The number of hydrogen-bond acceptors (Lipinski definition) is 6. The molecule has 3 atom stereocenters. The van der Waals surface area contributed by atoms with Crippen LogP contribution in [0, 0.1) is 0 Å². The average molecular weight is 449 g/mol. The Kier molecular flexibility index (Phi) is 8.02. The number of hydrogen-bond donors (Lipinski definition) is 2. The second kappa shape index (κ2) is 11.1. The van der Waals surface area contributed by atoms with Gasteiger partial charge in [-0.3, -0.25) is 4.79 Å². The lowest BCUT2D eigenvalue weighted by Crippen LogP contribution is -2.41. The number of amides is 1. The normalized spacial score (nSPS) is 13.4. The number of rotatable bonds is 9. The van der Waals surface area contributed by atoms with Gasteiger partial charge in [-0.2, -0.15) is 0 Å². The lowest BCUT2D eigenvalue weighted by molar-refractivity contribution is -0.151. The minimum absolute atomic E-state index is 0.0652. The molecule has 0 radical (unpaired) electrons. The molecule has 0 aliphatic carbocycles. The quantitative estimate of drug-likeness (QED) is 0.482. The summed E-state index contributed by atoms with van der Waals surface area (Å²) in [6.07, 6.45) is 1.59. The van der Waals surface area contributed by atoms with E-state index in [4.69, 9.17) is 9.47 Å². The van der Waals surface area contributed by atoms with Gasteiger partial charge in [-0.05, 0) is 31.4 Å². The molecule has 1 aromatic heterocycles. The highest BCUT2D eigenvalue weighted by molar-refractivity contribution is 5.97. The van der Waals surface area contributed by atoms with E-state index in [1.54, 1.807) is 0 Å². The SMILES string of the molecule is COc1ccnc(C(=O)N[C@@H](C)C(=O)O[C@@H](C)[C@H](Cc2ccccc2)c2ccccc2)c1O. The fourth-order valence-electron chi connectivity index (χ4n) is 3.58. The van der Waals surface area contributed by atoms with Gasteiger partial charge in [0.1, 0.15) is 12.1 Å². The van der Waals surface area contributed by atoms with E-state index in [-0.39, 0.29) is 17.4 Å². The first-order valence-electron chi connectivity index (χ1n) is 10.7. The van der Waals surface area contributed by atoms with Crippen molar-refractivity contribution in [2.75, 3.05) is 7.11 Å². The Morgan fingerprint density at radius 1 is 1.00 bits per heavy atom. The number of aromatic hydroxyl groups is 1. The summed E-state index contributed by atoms with van der Waals surface area (Å²) in [4.78, 5) is 29.2. The molecule has 7 heteroatoms. The van der Waals surface area contributed by atoms with E-state index < -0.39 is 29.8 Å². The van der Waals surface area contributed by atoms with Gasteiger partial charge in [0.25, 0.3) is 5.91 Å². The minimum Gasteiger partial charge on any atom is -0.503 e. The molecule has 33 heavy (non-hydrogen) atoms. The van der Waals surface area contributed by atoms with Crippen molar-refractivity contribution in [2.45, 2.75) is 38.3 Å². The van der Waals surface area contributed by atoms with Crippen molar-refractivity contribution in [1.82, 2.24) is 10.3 Å². The van der Waals surface area contributed by atoms with Gasteiger partial charge in [0.05, 0.1) is 7.11 Å². The van der Waals surface area contributed by atoms with Gasteiger partial charge < -0.3 is 19.9 Å². The Morgan fingerprint density at radius 2 is 1.64 bits per heavy atom. The molecule has 172 valence electrons. The van der Waals surface area contributed by atoms with Crippen molar-refractivity contribution in [3.05, 3.63) is 89.7 Å². The largest absolute Gasteiger partial charge is 0.503 e. The molecular formula is C26H28N2O5.